The number of hydrogen-bond donors (Lipinski definition) is 2. The standard InChI is InChI=1S/C13H12N4O2/c14-13-15-6-7-2-1-3-8(11(7)17-13)9-4-5-10(18)16-12(9)19/h1-3,6,9H,4-5H2,(H2,14,15,17)(H,16,18,19). The summed E-state index contributed by atoms with van der Waals surface area (Å²) < 4.78 is 0. The molecule has 1 aliphatic heterocycles. The molecular formula is C13H12N4O2. The highest BCUT2D eigenvalue weighted by molar-refractivity contribution is 6.02. The van der Waals surface area contributed by atoms with Gasteiger partial charge >= 0.3 is 0 Å². The Bertz CT molecular complexity index is 683. The molecule has 1 saturated heterocycles. The van der Waals surface area contributed by atoms with Crippen molar-refractivity contribution in [2.45, 2.75) is 18.8 Å². The minimum absolute atomic E-state index is 0.173. The fraction of sp³-hybridized carbons (Fsp3) is 0.231. The smallest absolute Gasteiger partial charge is 0.234 e. The average molecular weight is 256 g/mol. The average Bonchev–Trinajstić information content (AvgIpc) is 2.38. The van der Waals surface area contributed by atoms with Gasteiger partial charge in [0.2, 0.25) is 17.8 Å². The van der Waals surface area contributed by atoms with Gasteiger partial charge in [-0.25, -0.2) is 9.97 Å². The second-order valence-corrected chi connectivity index (χ2v) is 4.52. The maximum Gasteiger partial charge on any atom is 0.234 e. The van der Waals surface area contributed by atoms with Crippen molar-refractivity contribution in [1.29, 1.82) is 0 Å². The molecule has 0 bridgehead atoms. The van der Waals surface area contributed by atoms with E-state index in [-0.39, 0.29) is 23.7 Å². The van der Waals surface area contributed by atoms with Crippen molar-refractivity contribution in [2.75, 3.05) is 5.73 Å². The number of nitrogen functional groups attached to an aromatic ring is 1. The van der Waals surface area contributed by atoms with Crippen molar-refractivity contribution in [3.63, 3.8) is 0 Å². The third-order valence-electron chi connectivity index (χ3n) is 3.28. The Morgan fingerprint density at radius 2 is 2.16 bits per heavy atom. The van der Waals surface area contributed by atoms with E-state index >= 15 is 0 Å². The maximum absolute atomic E-state index is 11.9. The third-order valence-corrected chi connectivity index (χ3v) is 3.28. The molecule has 0 saturated carbocycles. The molecule has 6 heteroatoms. The number of nitrogens with zero attached hydrogens (tertiary/aromatic N) is 2. The largest absolute Gasteiger partial charge is 0.368 e. The fourth-order valence-corrected chi connectivity index (χ4v) is 2.36. The van der Waals surface area contributed by atoms with Crippen molar-refractivity contribution < 1.29 is 9.59 Å². The van der Waals surface area contributed by atoms with Gasteiger partial charge in [0, 0.05) is 18.0 Å². The van der Waals surface area contributed by atoms with Gasteiger partial charge in [0.15, 0.2) is 0 Å². The van der Waals surface area contributed by atoms with Crippen molar-refractivity contribution >= 4 is 28.7 Å². The lowest BCUT2D eigenvalue weighted by molar-refractivity contribution is -0.134. The Balaban J connectivity index is 2.12. The first-order chi connectivity index (χ1) is 9.15. The lowest BCUT2D eigenvalue weighted by Crippen LogP contribution is -2.39. The number of benzene rings is 1. The fourth-order valence-electron chi connectivity index (χ4n) is 2.36. The van der Waals surface area contributed by atoms with Crippen LogP contribution in [0.2, 0.25) is 0 Å². The number of fused-ring (bicyclic) bond motifs is 1. The van der Waals surface area contributed by atoms with E-state index in [2.05, 4.69) is 15.3 Å². The van der Waals surface area contributed by atoms with Crippen molar-refractivity contribution in [2.24, 2.45) is 0 Å². The first-order valence-electron chi connectivity index (χ1n) is 6.00. The van der Waals surface area contributed by atoms with Crippen LogP contribution in [0.1, 0.15) is 24.3 Å². The third kappa shape index (κ3) is 2.01. The van der Waals surface area contributed by atoms with Crippen LogP contribution < -0.4 is 11.1 Å². The van der Waals surface area contributed by atoms with E-state index in [1.54, 1.807) is 6.20 Å². The Hall–Kier alpha value is -2.50. The molecule has 0 aliphatic carbocycles. The summed E-state index contributed by atoms with van der Waals surface area (Å²) in [6.07, 6.45) is 2.47. The van der Waals surface area contributed by atoms with Crippen LogP contribution in [0.25, 0.3) is 10.9 Å². The quantitative estimate of drug-likeness (QED) is 0.733. The van der Waals surface area contributed by atoms with Crippen LogP contribution in [0.5, 0.6) is 0 Å². The van der Waals surface area contributed by atoms with Crippen molar-refractivity contribution in [3.05, 3.63) is 30.0 Å². The highest BCUT2D eigenvalue weighted by Crippen LogP contribution is 2.29. The summed E-state index contributed by atoms with van der Waals surface area (Å²) in [6, 6.07) is 5.56. The molecule has 3 rings (SSSR count). The monoisotopic (exact) mass is 256 g/mol. The summed E-state index contributed by atoms with van der Waals surface area (Å²) in [4.78, 5) is 31.3. The van der Waals surface area contributed by atoms with E-state index in [1.807, 2.05) is 18.2 Å². The van der Waals surface area contributed by atoms with E-state index < -0.39 is 0 Å². The van der Waals surface area contributed by atoms with Crippen LogP contribution in [0.4, 0.5) is 5.95 Å². The van der Waals surface area contributed by atoms with Crippen LogP contribution in [0.3, 0.4) is 0 Å². The zero-order chi connectivity index (χ0) is 13.4. The molecule has 2 aromatic rings. The minimum Gasteiger partial charge on any atom is -0.368 e. The maximum atomic E-state index is 11.9. The Kier molecular flexibility index (Phi) is 2.63. The highest BCUT2D eigenvalue weighted by atomic mass is 16.2. The topological polar surface area (TPSA) is 98.0 Å². The number of imide groups is 1. The number of hydrogen-bond acceptors (Lipinski definition) is 5. The Labute approximate surface area is 109 Å². The number of nitrogens with one attached hydrogen (secondary N) is 1. The minimum atomic E-state index is -0.365. The zero-order valence-corrected chi connectivity index (χ0v) is 10.1. The van der Waals surface area contributed by atoms with E-state index in [9.17, 15) is 9.59 Å². The first-order valence-corrected chi connectivity index (χ1v) is 6.00. The molecule has 1 aliphatic rings. The summed E-state index contributed by atoms with van der Waals surface area (Å²) in [5.74, 6) is -0.695. The second-order valence-electron chi connectivity index (χ2n) is 4.52. The van der Waals surface area contributed by atoms with Crippen molar-refractivity contribution in [1.82, 2.24) is 15.3 Å². The van der Waals surface area contributed by atoms with Gasteiger partial charge in [-0.3, -0.25) is 14.9 Å². The molecule has 0 radical (unpaired) electrons. The number of carbonyl (C=O) groups is 2. The van der Waals surface area contributed by atoms with E-state index in [0.717, 1.165) is 10.9 Å². The second kappa shape index (κ2) is 4.31. The number of piperidine rings is 1. The molecule has 96 valence electrons. The van der Waals surface area contributed by atoms with Gasteiger partial charge in [0.1, 0.15) is 0 Å². The van der Waals surface area contributed by atoms with Crippen molar-refractivity contribution in [3.8, 4) is 0 Å². The number of para-hydroxylation sites is 1. The normalized spacial score (nSPS) is 19.5. The number of anilines is 1. The van der Waals surface area contributed by atoms with Gasteiger partial charge < -0.3 is 5.73 Å². The van der Waals surface area contributed by atoms with Gasteiger partial charge in [0.25, 0.3) is 0 Å². The number of nitrogens with two attached hydrogens (primary N) is 1. The van der Waals surface area contributed by atoms with Crippen LogP contribution in [-0.2, 0) is 9.59 Å². The number of amides is 2. The number of carbonyl (C=O) groups excluding carboxylic acids is 2. The van der Waals surface area contributed by atoms with Gasteiger partial charge in [-0.2, -0.15) is 0 Å². The summed E-state index contributed by atoms with van der Waals surface area (Å²) in [7, 11) is 0. The van der Waals surface area contributed by atoms with E-state index in [0.29, 0.717) is 18.4 Å². The number of aromatic nitrogens is 2. The molecule has 1 unspecified atom stereocenters. The van der Waals surface area contributed by atoms with Gasteiger partial charge in [-0.15, -0.1) is 0 Å². The van der Waals surface area contributed by atoms with Crippen LogP contribution in [0, 0.1) is 0 Å². The van der Waals surface area contributed by atoms with E-state index in [4.69, 9.17) is 5.73 Å². The van der Waals surface area contributed by atoms with Crippen LogP contribution >= 0.6 is 0 Å². The molecule has 6 nitrogen and oxygen atoms in total. The molecule has 2 heterocycles. The number of rotatable bonds is 1. The molecular weight excluding hydrogens is 244 g/mol. The lowest BCUT2D eigenvalue weighted by Gasteiger charge is -2.21. The predicted molar refractivity (Wildman–Crippen MR) is 69.1 cm³/mol. The summed E-state index contributed by atoms with van der Waals surface area (Å²) in [5, 5.41) is 3.18. The molecule has 0 spiro atoms. The summed E-state index contributed by atoms with van der Waals surface area (Å²) in [5.41, 5.74) is 7.06. The van der Waals surface area contributed by atoms with Crippen LogP contribution in [0.15, 0.2) is 24.4 Å². The molecule has 1 aromatic carbocycles. The molecule has 2 amide bonds. The molecule has 1 aromatic heterocycles. The summed E-state index contributed by atoms with van der Waals surface area (Å²) >= 11 is 0. The summed E-state index contributed by atoms with van der Waals surface area (Å²) in [6.45, 7) is 0. The molecule has 1 fully saturated rings. The van der Waals surface area contributed by atoms with Gasteiger partial charge in [-0.1, -0.05) is 18.2 Å². The SMILES string of the molecule is Nc1ncc2cccc(C3CCC(=O)NC3=O)c2n1. The molecule has 1 atom stereocenters. The van der Waals surface area contributed by atoms with E-state index in [1.165, 1.54) is 0 Å². The van der Waals surface area contributed by atoms with Gasteiger partial charge in [-0.05, 0) is 12.0 Å². The zero-order valence-electron chi connectivity index (χ0n) is 10.1. The highest BCUT2D eigenvalue weighted by Gasteiger charge is 2.29. The Morgan fingerprint density at radius 1 is 1.32 bits per heavy atom. The van der Waals surface area contributed by atoms with Gasteiger partial charge in [0.05, 0.1) is 11.4 Å². The molecule has 19 heavy (non-hydrogen) atoms. The first kappa shape index (κ1) is 11.6. The lowest BCUT2D eigenvalue weighted by atomic mass is 9.89. The van der Waals surface area contributed by atoms with Crippen LogP contribution in [-0.4, -0.2) is 21.8 Å². The Morgan fingerprint density at radius 3 is 2.95 bits per heavy atom. The predicted octanol–water partition coefficient (Wildman–Crippen LogP) is 0.732. The molecule has 3 N–H and O–H groups in total.